The lowest BCUT2D eigenvalue weighted by atomic mass is 9.78. The van der Waals surface area contributed by atoms with E-state index in [9.17, 15) is 4.79 Å². The summed E-state index contributed by atoms with van der Waals surface area (Å²) in [5, 5.41) is 3.38. The van der Waals surface area contributed by atoms with Gasteiger partial charge in [0.2, 0.25) is 0 Å². The second-order valence-corrected chi connectivity index (χ2v) is 6.11. The highest BCUT2D eigenvalue weighted by molar-refractivity contribution is 6.32. The predicted molar refractivity (Wildman–Crippen MR) is 84.0 cm³/mol. The summed E-state index contributed by atoms with van der Waals surface area (Å²) in [5.41, 5.74) is -0.0789. The van der Waals surface area contributed by atoms with Gasteiger partial charge in [-0.2, -0.15) is 0 Å². The molecule has 0 aliphatic heterocycles. The van der Waals surface area contributed by atoms with Crippen molar-refractivity contribution in [3.05, 3.63) is 23.2 Å². The van der Waals surface area contributed by atoms with Crippen molar-refractivity contribution < 1.29 is 14.3 Å². The number of ether oxygens (including phenoxy) is 2. The first-order chi connectivity index (χ1) is 10.0. The van der Waals surface area contributed by atoms with Gasteiger partial charge in [0, 0.05) is 12.8 Å². The number of carbonyl (C=O) groups is 1. The monoisotopic (exact) mass is 311 g/mol. The average molecular weight is 312 g/mol. The van der Waals surface area contributed by atoms with Gasteiger partial charge in [-0.3, -0.25) is 4.79 Å². The molecule has 1 amide bonds. The molecule has 2 rings (SSSR count). The van der Waals surface area contributed by atoms with E-state index in [-0.39, 0.29) is 5.91 Å². The highest BCUT2D eigenvalue weighted by Gasteiger charge is 2.42. The van der Waals surface area contributed by atoms with Crippen molar-refractivity contribution in [2.24, 2.45) is 5.92 Å². The SMILES string of the molecule is COc1ccc(NC(=O)[C@]2(OC)CCC[C@@H](C)C2)cc1Cl. The molecule has 1 fully saturated rings. The van der Waals surface area contributed by atoms with Crippen molar-refractivity contribution in [3.8, 4) is 5.75 Å². The van der Waals surface area contributed by atoms with E-state index in [0.717, 1.165) is 25.7 Å². The number of halogens is 1. The van der Waals surface area contributed by atoms with Crippen molar-refractivity contribution in [1.29, 1.82) is 0 Å². The number of benzene rings is 1. The number of amides is 1. The van der Waals surface area contributed by atoms with Crippen LogP contribution in [0.25, 0.3) is 0 Å². The molecule has 0 spiro atoms. The Kier molecular flexibility index (Phi) is 5.12. The van der Waals surface area contributed by atoms with Crippen LogP contribution in [0.2, 0.25) is 5.02 Å². The summed E-state index contributed by atoms with van der Waals surface area (Å²) >= 11 is 6.08. The van der Waals surface area contributed by atoms with Gasteiger partial charge in [0.1, 0.15) is 11.4 Å². The van der Waals surface area contributed by atoms with E-state index < -0.39 is 5.60 Å². The molecule has 0 unspecified atom stereocenters. The molecule has 1 aromatic rings. The zero-order valence-corrected chi connectivity index (χ0v) is 13.5. The zero-order valence-electron chi connectivity index (χ0n) is 12.7. The van der Waals surface area contributed by atoms with Crippen LogP contribution < -0.4 is 10.1 Å². The van der Waals surface area contributed by atoms with Gasteiger partial charge in [0.25, 0.3) is 5.91 Å². The van der Waals surface area contributed by atoms with Crippen LogP contribution in [-0.4, -0.2) is 25.7 Å². The molecule has 4 nitrogen and oxygen atoms in total. The highest BCUT2D eigenvalue weighted by Crippen LogP contribution is 2.36. The molecule has 2 atom stereocenters. The third-order valence-electron chi connectivity index (χ3n) is 4.17. The molecule has 1 aromatic carbocycles. The summed E-state index contributed by atoms with van der Waals surface area (Å²) in [4.78, 5) is 12.6. The predicted octanol–water partition coefficient (Wildman–Crippen LogP) is 3.88. The third-order valence-corrected chi connectivity index (χ3v) is 4.47. The molecule has 0 saturated heterocycles. The van der Waals surface area contributed by atoms with E-state index in [1.807, 2.05) is 0 Å². The van der Waals surface area contributed by atoms with Gasteiger partial charge < -0.3 is 14.8 Å². The van der Waals surface area contributed by atoms with Crippen molar-refractivity contribution >= 4 is 23.2 Å². The Morgan fingerprint density at radius 1 is 1.43 bits per heavy atom. The van der Waals surface area contributed by atoms with Crippen LogP contribution in [0.3, 0.4) is 0 Å². The molecule has 5 heteroatoms. The largest absolute Gasteiger partial charge is 0.495 e. The number of carbonyl (C=O) groups excluding carboxylic acids is 1. The maximum atomic E-state index is 12.6. The van der Waals surface area contributed by atoms with Crippen LogP contribution in [0.15, 0.2) is 18.2 Å². The van der Waals surface area contributed by atoms with Crippen molar-refractivity contribution in [2.75, 3.05) is 19.5 Å². The Labute approximate surface area is 130 Å². The third kappa shape index (κ3) is 3.50. The van der Waals surface area contributed by atoms with Gasteiger partial charge in [-0.1, -0.05) is 24.9 Å². The molecule has 116 valence electrons. The van der Waals surface area contributed by atoms with Crippen molar-refractivity contribution in [1.82, 2.24) is 0 Å². The van der Waals surface area contributed by atoms with E-state index in [0.29, 0.717) is 22.4 Å². The summed E-state index contributed by atoms with van der Waals surface area (Å²) in [6, 6.07) is 5.20. The fourth-order valence-electron chi connectivity index (χ4n) is 2.98. The number of hydrogen-bond acceptors (Lipinski definition) is 3. The maximum absolute atomic E-state index is 12.6. The molecule has 0 heterocycles. The number of methoxy groups -OCH3 is 2. The minimum absolute atomic E-state index is 0.0993. The minimum Gasteiger partial charge on any atom is -0.495 e. The normalized spacial score (nSPS) is 25.4. The second-order valence-electron chi connectivity index (χ2n) is 5.70. The van der Waals surface area contributed by atoms with Gasteiger partial charge in [0.05, 0.1) is 12.1 Å². The summed E-state index contributed by atoms with van der Waals surface area (Å²) in [7, 11) is 3.17. The molecule has 21 heavy (non-hydrogen) atoms. The summed E-state index contributed by atoms with van der Waals surface area (Å²) in [6.45, 7) is 2.16. The quantitative estimate of drug-likeness (QED) is 0.918. The molecular formula is C16H22ClNO3. The number of hydrogen-bond donors (Lipinski definition) is 1. The number of rotatable bonds is 4. The lowest BCUT2D eigenvalue weighted by molar-refractivity contribution is -0.143. The highest BCUT2D eigenvalue weighted by atomic mass is 35.5. The van der Waals surface area contributed by atoms with Gasteiger partial charge in [-0.15, -0.1) is 0 Å². The van der Waals surface area contributed by atoms with Crippen LogP contribution >= 0.6 is 11.6 Å². The smallest absolute Gasteiger partial charge is 0.256 e. The van der Waals surface area contributed by atoms with Gasteiger partial charge >= 0.3 is 0 Å². The first-order valence-electron chi connectivity index (χ1n) is 7.21. The Morgan fingerprint density at radius 2 is 2.19 bits per heavy atom. The van der Waals surface area contributed by atoms with Crippen molar-refractivity contribution in [3.63, 3.8) is 0 Å². The zero-order chi connectivity index (χ0) is 15.5. The van der Waals surface area contributed by atoms with Gasteiger partial charge in [0.15, 0.2) is 0 Å². The Bertz CT molecular complexity index is 520. The van der Waals surface area contributed by atoms with Crippen LogP contribution in [0.1, 0.15) is 32.6 Å². The standard InChI is InChI=1S/C16H22ClNO3/c1-11-5-4-8-16(10-11,21-3)15(19)18-12-6-7-14(20-2)13(17)9-12/h6-7,9,11H,4-5,8,10H2,1-3H3,(H,18,19)/t11-,16+/m1/s1. The Hall–Kier alpha value is -1.26. The van der Waals surface area contributed by atoms with Gasteiger partial charge in [-0.25, -0.2) is 0 Å². The second kappa shape index (κ2) is 6.67. The summed E-state index contributed by atoms with van der Waals surface area (Å²) < 4.78 is 10.7. The average Bonchev–Trinajstić information content (AvgIpc) is 2.47. The molecule has 1 aliphatic rings. The van der Waals surface area contributed by atoms with Gasteiger partial charge in [-0.05, 0) is 43.4 Å². The molecular weight excluding hydrogens is 290 g/mol. The maximum Gasteiger partial charge on any atom is 0.256 e. The van der Waals surface area contributed by atoms with Crippen LogP contribution in [0.5, 0.6) is 5.75 Å². The first kappa shape index (κ1) is 16.1. The Morgan fingerprint density at radius 3 is 2.76 bits per heavy atom. The van der Waals surface area contributed by atoms with Crippen LogP contribution in [0, 0.1) is 5.92 Å². The first-order valence-corrected chi connectivity index (χ1v) is 7.58. The van der Waals surface area contributed by atoms with E-state index in [1.54, 1.807) is 32.4 Å². The number of nitrogens with one attached hydrogen (secondary N) is 1. The van der Waals surface area contributed by atoms with E-state index in [4.69, 9.17) is 21.1 Å². The van der Waals surface area contributed by atoms with Crippen LogP contribution in [-0.2, 0) is 9.53 Å². The molecule has 1 N–H and O–H groups in total. The fraction of sp³-hybridized carbons (Fsp3) is 0.562. The topological polar surface area (TPSA) is 47.6 Å². The fourth-order valence-corrected chi connectivity index (χ4v) is 3.23. The molecule has 1 aliphatic carbocycles. The van der Waals surface area contributed by atoms with E-state index in [1.165, 1.54) is 0 Å². The molecule has 1 saturated carbocycles. The lowest BCUT2D eigenvalue weighted by Gasteiger charge is -2.37. The molecule has 0 aromatic heterocycles. The molecule has 0 bridgehead atoms. The summed E-state index contributed by atoms with van der Waals surface area (Å²) in [6.07, 6.45) is 3.65. The lowest BCUT2D eigenvalue weighted by Crippen LogP contribution is -2.47. The Balaban J connectivity index is 2.14. The van der Waals surface area contributed by atoms with E-state index in [2.05, 4.69) is 12.2 Å². The van der Waals surface area contributed by atoms with Crippen LogP contribution in [0.4, 0.5) is 5.69 Å². The number of anilines is 1. The minimum atomic E-state index is -0.732. The van der Waals surface area contributed by atoms with Crippen molar-refractivity contribution in [2.45, 2.75) is 38.2 Å². The van der Waals surface area contributed by atoms with E-state index >= 15 is 0 Å². The summed E-state index contributed by atoms with van der Waals surface area (Å²) in [5.74, 6) is 0.976. The molecule has 0 radical (unpaired) electrons.